The lowest BCUT2D eigenvalue weighted by atomic mass is 9.86. The molecule has 1 aliphatic rings. The number of hydrogen-bond acceptors (Lipinski definition) is 21. The maximum absolute atomic E-state index is 12.5. The highest BCUT2D eigenvalue weighted by Gasteiger charge is 2.22. The minimum atomic E-state index is -4.40. The second-order valence-corrected chi connectivity index (χ2v) is 21.8. The topological polar surface area (TPSA) is 315 Å². The number of carbonyl (C=O) groups excluding carboxylic acids is 3. The Labute approximate surface area is 533 Å². The summed E-state index contributed by atoms with van der Waals surface area (Å²) in [7, 11) is -4.40. The molecule has 0 radical (unpaired) electrons. The lowest BCUT2D eigenvalue weighted by Gasteiger charge is -2.21. The van der Waals surface area contributed by atoms with Crippen molar-refractivity contribution < 1.29 is 94.1 Å². The zero-order valence-electron chi connectivity index (χ0n) is 52.1. The summed E-state index contributed by atoms with van der Waals surface area (Å²) < 4.78 is 101. The minimum absolute atomic E-state index is 0.0756. The van der Waals surface area contributed by atoms with Crippen molar-refractivity contribution in [2.24, 2.45) is 5.10 Å². The number of pyridine rings is 1. The predicted molar refractivity (Wildman–Crippen MR) is 339 cm³/mol. The number of carboxylic acid groups (broad SMARTS) is 1. The number of ketones is 1. The van der Waals surface area contributed by atoms with Crippen LogP contribution in [0.25, 0.3) is 0 Å². The Bertz CT molecular complexity index is 2900. The maximum atomic E-state index is 12.5. The number of rotatable bonds is 54. The molecule has 25 nitrogen and oxygen atoms in total. The van der Waals surface area contributed by atoms with Gasteiger partial charge in [0.05, 0.1) is 144 Å². The van der Waals surface area contributed by atoms with Crippen LogP contribution in [-0.4, -0.2) is 205 Å². The quantitative estimate of drug-likeness (QED) is 0.00985. The average Bonchev–Trinajstić information content (AvgIpc) is 1.28. The molecule has 2 amide bonds. The lowest BCUT2D eigenvalue weighted by Crippen LogP contribution is -2.27. The van der Waals surface area contributed by atoms with Crippen LogP contribution < -0.4 is 30.3 Å². The van der Waals surface area contributed by atoms with Crippen LogP contribution in [0.4, 0.5) is 5.82 Å². The van der Waals surface area contributed by atoms with Gasteiger partial charge in [-0.3, -0.25) is 29.2 Å². The molecule has 0 bridgehead atoms. The summed E-state index contributed by atoms with van der Waals surface area (Å²) in [6.07, 6.45) is 11.5. The first-order chi connectivity index (χ1) is 44.4. The second-order valence-electron chi connectivity index (χ2n) is 20.5. The van der Waals surface area contributed by atoms with Gasteiger partial charge in [-0.25, -0.2) is 4.98 Å². The molecule has 3 aromatic carbocycles. The summed E-state index contributed by atoms with van der Waals surface area (Å²) in [5.41, 5.74) is 6.81. The number of fused-ring (bicyclic) bond motifs is 1. The molecule has 0 saturated carbocycles. The van der Waals surface area contributed by atoms with E-state index < -0.39 is 16.1 Å². The first-order valence-electron chi connectivity index (χ1n) is 31.0. The molecule has 1 aromatic heterocycles. The molecule has 5 rings (SSSR count). The SMILES string of the molecule is C=CCc1c(OCCCCCOc2cccc(OCCCC(=O)NCCCOCCOCCOCCOCCOCCOCCOCCOCCOCCNC(=O)c3ccc(N/N=C/c4ccccc4S(=O)(=O)O)nc3)c2CCC(=O)O)ccc2c1CCCC2=O. The number of unbranched alkanes of at least 4 members (excludes halogenated alkanes) is 2. The fourth-order valence-electron chi connectivity index (χ4n) is 9.01. The minimum Gasteiger partial charge on any atom is -0.493 e. The molecule has 26 heteroatoms. The predicted octanol–water partition coefficient (Wildman–Crippen LogP) is 6.91. The van der Waals surface area contributed by atoms with Crippen molar-refractivity contribution in [3.63, 3.8) is 0 Å². The van der Waals surface area contributed by atoms with E-state index in [1.165, 1.54) is 30.6 Å². The Hall–Kier alpha value is -6.95. The van der Waals surface area contributed by atoms with Gasteiger partial charge in [-0.1, -0.05) is 30.3 Å². The van der Waals surface area contributed by atoms with E-state index in [0.29, 0.717) is 193 Å². The highest BCUT2D eigenvalue weighted by atomic mass is 32.2. The molecule has 0 atom stereocenters. The molecule has 0 unspecified atom stereocenters. The number of carbonyl (C=O) groups is 4. The van der Waals surface area contributed by atoms with Gasteiger partial charge in [0.2, 0.25) is 5.91 Å². The first kappa shape index (κ1) is 74.8. The highest BCUT2D eigenvalue weighted by molar-refractivity contribution is 7.86. The number of anilines is 1. The largest absolute Gasteiger partial charge is 0.493 e. The van der Waals surface area contributed by atoms with Gasteiger partial charge in [0.1, 0.15) is 28.0 Å². The van der Waals surface area contributed by atoms with Gasteiger partial charge in [-0.2, -0.15) is 13.5 Å². The number of aliphatic carboxylic acids is 1. The summed E-state index contributed by atoms with van der Waals surface area (Å²) in [6, 6.07) is 18.2. The van der Waals surface area contributed by atoms with Crippen molar-refractivity contribution in [2.75, 3.05) is 157 Å². The number of hydrazone groups is 1. The van der Waals surface area contributed by atoms with Crippen molar-refractivity contribution in [3.05, 3.63) is 119 Å². The Kier molecular flexibility index (Phi) is 37.9. The molecule has 1 aliphatic carbocycles. The zero-order valence-corrected chi connectivity index (χ0v) is 52.9. The Morgan fingerprint density at radius 1 is 0.571 bits per heavy atom. The fraction of sp³-hybridized carbons (Fsp3) is 0.538. The van der Waals surface area contributed by atoms with Crippen LogP contribution in [0.15, 0.2) is 95.6 Å². The molecule has 502 valence electrons. The molecular weight excluding hydrogens is 1200 g/mol. The number of carboxylic acids is 1. The van der Waals surface area contributed by atoms with E-state index >= 15 is 0 Å². The molecule has 0 saturated heterocycles. The van der Waals surface area contributed by atoms with E-state index in [1.807, 2.05) is 30.3 Å². The van der Waals surface area contributed by atoms with Crippen molar-refractivity contribution >= 4 is 45.7 Å². The van der Waals surface area contributed by atoms with Crippen molar-refractivity contribution in [2.45, 2.75) is 81.9 Å². The number of Topliss-reactive ketones (excluding diaryl/α,β-unsaturated/α-hetero) is 1. The molecule has 5 N–H and O–H groups in total. The van der Waals surface area contributed by atoms with Gasteiger partial charge in [0, 0.05) is 67.4 Å². The standard InChI is InChI=1S/C65H91N5O20S/c1-2-12-55-53-14-8-15-57(71)54(53)21-23-60(55)89-30-7-3-6-29-88-58-16-9-17-59(56(58)22-25-64(73)74)90-31-10-19-63(72)66-26-11-28-79-33-35-81-37-39-83-41-43-85-45-47-87-48-46-86-44-42-84-40-38-82-36-34-80-32-27-67-65(75)52-20-24-62(68-49-52)70-69-50-51-13-4-5-18-61(51)91(76,77)78/h2,4-5,9,13,16-18,20-21,23-24,49-50H,1,3,6-8,10-12,14-15,19,22,25-48H2,(H,66,72)(H,67,75)(H,68,70)(H,73,74)(H,76,77,78)/b69-50+. The van der Waals surface area contributed by atoms with Crippen LogP contribution >= 0.6 is 0 Å². The maximum Gasteiger partial charge on any atom is 0.303 e. The third-order valence-electron chi connectivity index (χ3n) is 13.6. The molecule has 0 aliphatic heterocycles. The molecule has 91 heavy (non-hydrogen) atoms. The van der Waals surface area contributed by atoms with Crippen LogP contribution in [0.3, 0.4) is 0 Å². The summed E-state index contributed by atoms with van der Waals surface area (Å²) in [6.45, 7) is 13.4. The smallest absolute Gasteiger partial charge is 0.303 e. The van der Waals surface area contributed by atoms with Crippen LogP contribution in [0.2, 0.25) is 0 Å². The Morgan fingerprint density at radius 3 is 1.67 bits per heavy atom. The monoisotopic (exact) mass is 1290 g/mol. The number of ether oxygens (including phenoxy) is 12. The fourth-order valence-corrected chi connectivity index (χ4v) is 9.68. The highest BCUT2D eigenvalue weighted by Crippen LogP contribution is 2.33. The zero-order chi connectivity index (χ0) is 64.8. The van der Waals surface area contributed by atoms with E-state index in [1.54, 1.807) is 24.3 Å². The summed E-state index contributed by atoms with van der Waals surface area (Å²) in [5, 5.41) is 19.0. The van der Waals surface area contributed by atoms with E-state index in [4.69, 9.17) is 56.8 Å². The van der Waals surface area contributed by atoms with Crippen LogP contribution in [0.1, 0.15) is 101 Å². The second kappa shape index (κ2) is 46.2. The first-order valence-corrected chi connectivity index (χ1v) is 32.5. The van der Waals surface area contributed by atoms with E-state index in [0.717, 1.165) is 54.5 Å². The number of aromatic nitrogens is 1. The lowest BCUT2D eigenvalue weighted by molar-refractivity contribution is -0.137. The Balaban J connectivity index is 0.724. The third kappa shape index (κ3) is 31.8. The van der Waals surface area contributed by atoms with E-state index in [-0.39, 0.29) is 60.5 Å². The van der Waals surface area contributed by atoms with Crippen LogP contribution in [0.5, 0.6) is 17.2 Å². The van der Waals surface area contributed by atoms with Crippen LogP contribution in [-0.2, 0) is 81.6 Å². The van der Waals surface area contributed by atoms with Gasteiger partial charge < -0.3 is 72.6 Å². The van der Waals surface area contributed by atoms with E-state index in [9.17, 15) is 37.3 Å². The number of nitrogens with one attached hydrogen (secondary N) is 3. The average molecular weight is 1290 g/mol. The van der Waals surface area contributed by atoms with Gasteiger partial charge >= 0.3 is 5.97 Å². The number of benzene rings is 3. The number of hydrogen-bond donors (Lipinski definition) is 5. The third-order valence-corrected chi connectivity index (χ3v) is 14.5. The van der Waals surface area contributed by atoms with Gasteiger partial charge in [-0.05, 0) is 106 Å². The Morgan fingerprint density at radius 2 is 1.12 bits per heavy atom. The van der Waals surface area contributed by atoms with Crippen molar-refractivity contribution in [1.29, 1.82) is 0 Å². The van der Waals surface area contributed by atoms with Crippen LogP contribution in [0, 0.1) is 0 Å². The molecule has 4 aromatic rings. The number of nitrogens with zero attached hydrogens (tertiary/aromatic N) is 2. The molecule has 0 spiro atoms. The molecule has 1 heterocycles. The van der Waals surface area contributed by atoms with Gasteiger partial charge in [0.15, 0.2) is 5.78 Å². The molecule has 0 fully saturated rings. The van der Waals surface area contributed by atoms with Gasteiger partial charge in [-0.15, -0.1) is 6.58 Å². The molecular formula is C65H91N5O20S. The normalized spacial score (nSPS) is 12.2. The van der Waals surface area contributed by atoms with E-state index in [2.05, 4.69) is 32.7 Å². The van der Waals surface area contributed by atoms with Gasteiger partial charge in [0.25, 0.3) is 16.0 Å². The number of allylic oxidation sites excluding steroid dienone is 1. The summed E-state index contributed by atoms with van der Waals surface area (Å²) in [4.78, 5) is 52.7. The summed E-state index contributed by atoms with van der Waals surface area (Å²) in [5.74, 6) is 1.12. The summed E-state index contributed by atoms with van der Waals surface area (Å²) >= 11 is 0. The number of amides is 2. The van der Waals surface area contributed by atoms with Crippen molar-refractivity contribution in [1.82, 2.24) is 15.6 Å². The van der Waals surface area contributed by atoms with Crippen molar-refractivity contribution in [3.8, 4) is 17.2 Å².